The molecule has 5 nitrogen and oxygen atoms in total. The maximum Gasteiger partial charge on any atom is 0.255 e. The van der Waals surface area contributed by atoms with Crippen molar-refractivity contribution in [3.05, 3.63) is 58.9 Å². The molecule has 0 aromatic heterocycles. The molecule has 6 heteroatoms. The van der Waals surface area contributed by atoms with Gasteiger partial charge >= 0.3 is 0 Å². The smallest absolute Gasteiger partial charge is 0.255 e. The molecule has 0 aliphatic carbocycles. The van der Waals surface area contributed by atoms with Crippen LogP contribution in [0.15, 0.2) is 36.4 Å². The van der Waals surface area contributed by atoms with Crippen LogP contribution in [0, 0.1) is 28.5 Å². The molecule has 0 atom stereocenters. The van der Waals surface area contributed by atoms with E-state index in [1.165, 1.54) is 30.3 Å². The SMILES string of the molecule is N#Cc1ccc(NC(=O)c2ccc(F)c(N)c2)cc1C#N. The van der Waals surface area contributed by atoms with Crippen molar-refractivity contribution in [1.82, 2.24) is 0 Å². The molecule has 0 fully saturated rings. The van der Waals surface area contributed by atoms with Gasteiger partial charge in [0.25, 0.3) is 5.91 Å². The number of nitrogens with one attached hydrogen (secondary N) is 1. The molecule has 2 aromatic carbocycles. The van der Waals surface area contributed by atoms with Crippen LogP contribution < -0.4 is 11.1 Å². The summed E-state index contributed by atoms with van der Waals surface area (Å²) in [6.45, 7) is 0. The second kappa shape index (κ2) is 5.72. The highest BCUT2D eigenvalue weighted by molar-refractivity contribution is 6.04. The number of amides is 1. The second-order valence-electron chi connectivity index (χ2n) is 4.17. The van der Waals surface area contributed by atoms with Crippen molar-refractivity contribution >= 4 is 17.3 Å². The van der Waals surface area contributed by atoms with Gasteiger partial charge < -0.3 is 11.1 Å². The van der Waals surface area contributed by atoms with E-state index in [0.717, 1.165) is 6.07 Å². The highest BCUT2D eigenvalue weighted by Crippen LogP contribution is 2.17. The summed E-state index contributed by atoms with van der Waals surface area (Å²) in [6.07, 6.45) is 0. The van der Waals surface area contributed by atoms with Gasteiger partial charge in [0, 0.05) is 11.3 Å². The molecule has 0 bridgehead atoms. The van der Waals surface area contributed by atoms with Gasteiger partial charge in [-0.2, -0.15) is 10.5 Å². The molecule has 0 radical (unpaired) electrons. The molecule has 0 saturated carbocycles. The zero-order valence-corrected chi connectivity index (χ0v) is 10.7. The summed E-state index contributed by atoms with van der Waals surface area (Å²) < 4.78 is 13.0. The van der Waals surface area contributed by atoms with E-state index >= 15 is 0 Å². The fourth-order valence-electron chi connectivity index (χ4n) is 1.70. The van der Waals surface area contributed by atoms with Crippen LogP contribution in [0.5, 0.6) is 0 Å². The number of carbonyl (C=O) groups excluding carboxylic acids is 1. The number of hydrogen-bond donors (Lipinski definition) is 2. The minimum absolute atomic E-state index is 0.125. The Hall–Kier alpha value is -3.38. The van der Waals surface area contributed by atoms with Crippen LogP contribution in [-0.2, 0) is 0 Å². The van der Waals surface area contributed by atoms with Crippen molar-refractivity contribution in [3.8, 4) is 12.1 Å². The molecule has 1 amide bonds. The molecule has 3 N–H and O–H groups in total. The van der Waals surface area contributed by atoms with Crippen LogP contribution in [0.4, 0.5) is 15.8 Å². The Balaban J connectivity index is 2.26. The van der Waals surface area contributed by atoms with Gasteiger partial charge in [-0.25, -0.2) is 4.39 Å². The predicted octanol–water partition coefficient (Wildman–Crippen LogP) is 2.40. The number of benzene rings is 2. The van der Waals surface area contributed by atoms with Crippen LogP contribution >= 0.6 is 0 Å². The van der Waals surface area contributed by atoms with E-state index in [2.05, 4.69) is 5.32 Å². The monoisotopic (exact) mass is 280 g/mol. The lowest BCUT2D eigenvalue weighted by Crippen LogP contribution is -2.12. The van der Waals surface area contributed by atoms with Crippen molar-refractivity contribution in [1.29, 1.82) is 10.5 Å². The minimum atomic E-state index is -0.600. The Morgan fingerprint density at radius 1 is 1.10 bits per heavy atom. The molecule has 21 heavy (non-hydrogen) atoms. The van der Waals surface area contributed by atoms with E-state index in [4.69, 9.17) is 16.3 Å². The summed E-state index contributed by atoms with van der Waals surface area (Å²) in [5, 5.41) is 20.3. The maximum atomic E-state index is 13.0. The summed E-state index contributed by atoms with van der Waals surface area (Å²) in [6, 6.07) is 11.7. The van der Waals surface area contributed by atoms with Crippen LogP contribution in [0.1, 0.15) is 21.5 Å². The first kappa shape index (κ1) is 14.0. The Morgan fingerprint density at radius 2 is 1.81 bits per heavy atom. The highest BCUT2D eigenvalue weighted by Gasteiger charge is 2.10. The molecule has 2 rings (SSSR count). The average molecular weight is 280 g/mol. The molecular weight excluding hydrogens is 271 g/mol. The molecule has 0 aliphatic rings. The van der Waals surface area contributed by atoms with Gasteiger partial charge in [-0.1, -0.05) is 0 Å². The first-order chi connectivity index (χ1) is 10.0. The van der Waals surface area contributed by atoms with Gasteiger partial charge in [0.15, 0.2) is 0 Å². The van der Waals surface area contributed by atoms with Gasteiger partial charge in [-0.15, -0.1) is 0 Å². The number of anilines is 2. The quantitative estimate of drug-likeness (QED) is 0.824. The highest BCUT2D eigenvalue weighted by atomic mass is 19.1. The van der Waals surface area contributed by atoms with Gasteiger partial charge in [0.05, 0.1) is 16.8 Å². The Bertz CT molecular complexity index is 802. The summed E-state index contributed by atoms with van der Waals surface area (Å²) >= 11 is 0. The topological polar surface area (TPSA) is 103 Å². The van der Waals surface area contributed by atoms with E-state index < -0.39 is 11.7 Å². The first-order valence-electron chi connectivity index (χ1n) is 5.86. The fraction of sp³-hybridized carbons (Fsp3) is 0. The molecule has 2 aromatic rings. The Morgan fingerprint density at radius 3 is 2.43 bits per heavy atom. The summed E-state index contributed by atoms with van der Waals surface area (Å²) in [7, 11) is 0. The maximum absolute atomic E-state index is 13.0. The molecule has 0 saturated heterocycles. The number of nitrogen functional groups attached to an aromatic ring is 1. The zero-order chi connectivity index (χ0) is 15.4. The van der Waals surface area contributed by atoms with E-state index in [0.29, 0.717) is 5.69 Å². The van der Waals surface area contributed by atoms with Crippen LogP contribution in [0.2, 0.25) is 0 Å². The number of nitrogens with zero attached hydrogens (tertiary/aromatic N) is 2. The number of hydrogen-bond acceptors (Lipinski definition) is 4. The third kappa shape index (κ3) is 2.96. The molecule has 0 heterocycles. The van der Waals surface area contributed by atoms with Crippen molar-refractivity contribution in [2.24, 2.45) is 0 Å². The molecular formula is C15H9FN4O. The Kier molecular flexibility index (Phi) is 3.83. The molecule has 0 aliphatic heterocycles. The first-order valence-corrected chi connectivity index (χ1v) is 5.86. The zero-order valence-electron chi connectivity index (χ0n) is 10.7. The predicted molar refractivity (Wildman–Crippen MR) is 74.6 cm³/mol. The third-order valence-corrected chi connectivity index (χ3v) is 2.78. The van der Waals surface area contributed by atoms with Crippen LogP contribution in [0.25, 0.3) is 0 Å². The Labute approximate surface area is 120 Å². The number of rotatable bonds is 2. The number of carbonyl (C=O) groups is 1. The average Bonchev–Trinajstić information content (AvgIpc) is 2.49. The van der Waals surface area contributed by atoms with E-state index in [9.17, 15) is 9.18 Å². The lowest BCUT2D eigenvalue weighted by molar-refractivity contribution is 0.102. The van der Waals surface area contributed by atoms with Crippen LogP contribution in [0.3, 0.4) is 0 Å². The van der Waals surface area contributed by atoms with Crippen molar-refractivity contribution in [2.75, 3.05) is 11.1 Å². The summed E-state index contributed by atoms with van der Waals surface area (Å²) in [5.74, 6) is -1.09. The van der Waals surface area contributed by atoms with Gasteiger partial charge in [-0.3, -0.25) is 4.79 Å². The molecule has 0 unspecified atom stereocenters. The van der Waals surface area contributed by atoms with Gasteiger partial charge in [-0.05, 0) is 36.4 Å². The van der Waals surface area contributed by atoms with Crippen molar-refractivity contribution in [3.63, 3.8) is 0 Å². The molecule has 102 valence electrons. The van der Waals surface area contributed by atoms with Crippen molar-refractivity contribution in [2.45, 2.75) is 0 Å². The van der Waals surface area contributed by atoms with Crippen LogP contribution in [-0.4, -0.2) is 5.91 Å². The lowest BCUT2D eigenvalue weighted by Gasteiger charge is -2.07. The normalized spacial score (nSPS) is 9.48. The standard InChI is InChI=1S/C15H9FN4O/c16-13-4-2-9(6-14(13)19)15(21)20-12-3-1-10(7-17)11(5-12)8-18/h1-6H,19H2,(H,20,21). The van der Waals surface area contributed by atoms with Gasteiger partial charge in [0.1, 0.15) is 18.0 Å². The van der Waals surface area contributed by atoms with Crippen molar-refractivity contribution < 1.29 is 9.18 Å². The minimum Gasteiger partial charge on any atom is -0.396 e. The summed E-state index contributed by atoms with van der Waals surface area (Å²) in [5.41, 5.74) is 6.21. The summed E-state index contributed by atoms with van der Waals surface area (Å²) in [4.78, 5) is 12.0. The fourth-order valence-corrected chi connectivity index (χ4v) is 1.70. The number of nitriles is 2. The second-order valence-corrected chi connectivity index (χ2v) is 4.17. The lowest BCUT2D eigenvalue weighted by atomic mass is 10.1. The third-order valence-electron chi connectivity index (χ3n) is 2.78. The van der Waals surface area contributed by atoms with E-state index in [-0.39, 0.29) is 22.4 Å². The number of nitrogens with two attached hydrogens (primary N) is 1. The van der Waals surface area contributed by atoms with E-state index in [1.54, 1.807) is 0 Å². The largest absolute Gasteiger partial charge is 0.396 e. The number of halogens is 1. The van der Waals surface area contributed by atoms with E-state index in [1.807, 2.05) is 12.1 Å². The van der Waals surface area contributed by atoms with Gasteiger partial charge in [0.2, 0.25) is 0 Å². The molecule has 0 spiro atoms.